The molecule has 0 radical (unpaired) electrons. The molecule has 1 amide bonds. The first kappa shape index (κ1) is 16.9. The van der Waals surface area contributed by atoms with Gasteiger partial charge in [-0.05, 0) is 17.7 Å². The molecule has 1 aliphatic rings. The summed E-state index contributed by atoms with van der Waals surface area (Å²) in [5, 5.41) is 6.79. The number of carbonyl (C=O) groups excluding carboxylic acids is 1. The molecule has 2 aromatic rings. The lowest BCUT2D eigenvalue weighted by molar-refractivity contribution is -0.173. The summed E-state index contributed by atoms with van der Waals surface area (Å²) in [7, 11) is 0. The number of nitrogens with one attached hydrogen (secondary N) is 1. The SMILES string of the molecule is NC(=O)c1nn2c(c1Cl)NC(c1ccc(Cl)cc1)CC2C(F)(F)F. The maximum Gasteiger partial charge on any atom is 0.410 e. The number of anilines is 1. The smallest absolute Gasteiger partial charge is 0.364 e. The number of primary amides is 1. The van der Waals surface area contributed by atoms with Gasteiger partial charge >= 0.3 is 6.18 Å². The number of halogens is 5. The van der Waals surface area contributed by atoms with E-state index in [1.165, 1.54) is 0 Å². The minimum absolute atomic E-state index is 0.0843. The number of fused-ring (bicyclic) bond motifs is 1. The Kier molecular flexibility index (Phi) is 4.13. The monoisotopic (exact) mass is 378 g/mol. The van der Waals surface area contributed by atoms with Crippen molar-refractivity contribution in [1.82, 2.24) is 9.78 Å². The van der Waals surface area contributed by atoms with Crippen molar-refractivity contribution in [2.24, 2.45) is 5.73 Å². The van der Waals surface area contributed by atoms with Crippen LogP contribution in [0.4, 0.5) is 19.0 Å². The fraction of sp³-hybridized carbons (Fsp3) is 0.286. The van der Waals surface area contributed by atoms with E-state index >= 15 is 0 Å². The first-order valence-corrected chi connectivity index (χ1v) is 7.60. The van der Waals surface area contributed by atoms with E-state index in [0.717, 1.165) is 0 Å². The highest BCUT2D eigenvalue weighted by molar-refractivity contribution is 6.36. The van der Waals surface area contributed by atoms with E-state index in [2.05, 4.69) is 10.4 Å². The van der Waals surface area contributed by atoms with Crippen LogP contribution in [0, 0.1) is 0 Å². The number of rotatable bonds is 2. The van der Waals surface area contributed by atoms with E-state index in [1.807, 2.05) is 0 Å². The first-order valence-electron chi connectivity index (χ1n) is 6.85. The summed E-state index contributed by atoms with van der Waals surface area (Å²) in [6, 6.07) is 3.83. The summed E-state index contributed by atoms with van der Waals surface area (Å²) >= 11 is 11.8. The lowest BCUT2D eigenvalue weighted by Gasteiger charge is -2.33. The molecule has 0 saturated carbocycles. The number of aromatic nitrogens is 2. The molecule has 5 nitrogen and oxygen atoms in total. The van der Waals surface area contributed by atoms with Crippen molar-refractivity contribution < 1.29 is 18.0 Å². The fourth-order valence-corrected chi connectivity index (χ4v) is 3.06. The second-order valence-electron chi connectivity index (χ2n) is 5.36. The van der Waals surface area contributed by atoms with Gasteiger partial charge in [-0.1, -0.05) is 35.3 Å². The molecule has 10 heteroatoms. The summed E-state index contributed by atoms with van der Waals surface area (Å²) in [6.07, 6.45) is -4.87. The van der Waals surface area contributed by atoms with Gasteiger partial charge in [0.05, 0.1) is 6.04 Å². The minimum Gasteiger partial charge on any atom is -0.364 e. The van der Waals surface area contributed by atoms with E-state index in [0.29, 0.717) is 15.3 Å². The number of carbonyl (C=O) groups is 1. The summed E-state index contributed by atoms with van der Waals surface area (Å²) in [5.41, 5.74) is 5.33. The number of nitrogens with two attached hydrogens (primary N) is 1. The van der Waals surface area contributed by atoms with Crippen LogP contribution in [0.2, 0.25) is 10.0 Å². The fourth-order valence-electron chi connectivity index (χ4n) is 2.66. The van der Waals surface area contributed by atoms with Crippen LogP contribution in [0.1, 0.15) is 34.6 Å². The molecule has 0 spiro atoms. The van der Waals surface area contributed by atoms with Crippen molar-refractivity contribution >= 4 is 34.9 Å². The Balaban J connectivity index is 2.08. The molecule has 24 heavy (non-hydrogen) atoms. The molecule has 0 saturated heterocycles. The second kappa shape index (κ2) is 5.86. The molecule has 128 valence electrons. The van der Waals surface area contributed by atoms with Crippen LogP contribution in [-0.4, -0.2) is 21.9 Å². The highest BCUT2D eigenvalue weighted by atomic mass is 35.5. The third-order valence-corrected chi connectivity index (χ3v) is 4.41. The van der Waals surface area contributed by atoms with E-state index < -0.39 is 29.9 Å². The largest absolute Gasteiger partial charge is 0.410 e. The predicted molar refractivity (Wildman–Crippen MR) is 83.3 cm³/mol. The molecule has 2 heterocycles. The van der Waals surface area contributed by atoms with Gasteiger partial charge in [0.15, 0.2) is 11.7 Å². The van der Waals surface area contributed by atoms with Crippen LogP contribution in [0.25, 0.3) is 0 Å². The number of hydrogen-bond acceptors (Lipinski definition) is 3. The Morgan fingerprint density at radius 1 is 1.29 bits per heavy atom. The molecule has 2 atom stereocenters. The number of benzene rings is 1. The average molecular weight is 379 g/mol. The zero-order chi connectivity index (χ0) is 17.6. The Morgan fingerprint density at radius 3 is 2.46 bits per heavy atom. The Hall–Kier alpha value is -1.93. The Bertz CT molecular complexity index is 789. The maximum absolute atomic E-state index is 13.4. The van der Waals surface area contributed by atoms with Gasteiger partial charge in [-0.3, -0.25) is 4.79 Å². The van der Waals surface area contributed by atoms with Crippen molar-refractivity contribution in [3.63, 3.8) is 0 Å². The van der Waals surface area contributed by atoms with Gasteiger partial charge in [-0.25, -0.2) is 4.68 Å². The molecule has 0 fully saturated rings. The van der Waals surface area contributed by atoms with Crippen molar-refractivity contribution in [1.29, 1.82) is 0 Å². The van der Waals surface area contributed by atoms with Gasteiger partial charge in [0, 0.05) is 11.4 Å². The highest BCUT2D eigenvalue weighted by Gasteiger charge is 2.47. The molecular formula is C14H11Cl2F3N4O. The van der Waals surface area contributed by atoms with Crippen LogP contribution in [0.15, 0.2) is 24.3 Å². The summed E-state index contributed by atoms with van der Waals surface area (Å²) in [4.78, 5) is 11.3. The number of amides is 1. The van der Waals surface area contributed by atoms with E-state index in [4.69, 9.17) is 28.9 Å². The molecule has 3 N–H and O–H groups in total. The van der Waals surface area contributed by atoms with Crippen LogP contribution < -0.4 is 11.1 Å². The van der Waals surface area contributed by atoms with Crippen molar-refractivity contribution in [3.8, 4) is 0 Å². The van der Waals surface area contributed by atoms with Gasteiger partial charge in [0.1, 0.15) is 10.8 Å². The molecule has 0 aliphatic carbocycles. The van der Waals surface area contributed by atoms with Gasteiger partial charge < -0.3 is 11.1 Å². The minimum atomic E-state index is -4.56. The maximum atomic E-state index is 13.4. The molecule has 1 aromatic heterocycles. The Morgan fingerprint density at radius 2 is 1.92 bits per heavy atom. The Labute approximate surface area is 144 Å². The van der Waals surface area contributed by atoms with Crippen molar-refractivity contribution in [3.05, 3.63) is 45.6 Å². The summed E-state index contributed by atoms with van der Waals surface area (Å²) < 4.78 is 41.0. The highest BCUT2D eigenvalue weighted by Crippen LogP contribution is 2.46. The molecule has 2 unspecified atom stereocenters. The van der Waals surface area contributed by atoms with Gasteiger partial charge in [-0.15, -0.1) is 0 Å². The predicted octanol–water partition coefficient (Wildman–Crippen LogP) is 3.95. The van der Waals surface area contributed by atoms with Gasteiger partial charge in [-0.2, -0.15) is 18.3 Å². The van der Waals surface area contributed by atoms with Crippen LogP contribution >= 0.6 is 23.2 Å². The van der Waals surface area contributed by atoms with Crippen molar-refractivity contribution in [2.45, 2.75) is 24.7 Å². The topological polar surface area (TPSA) is 72.9 Å². The third kappa shape index (κ3) is 2.91. The van der Waals surface area contributed by atoms with E-state index in [1.54, 1.807) is 24.3 Å². The number of hydrogen-bond donors (Lipinski definition) is 2. The first-order chi connectivity index (χ1) is 11.2. The zero-order valence-electron chi connectivity index (χ0n) is 11.9. The van der Waals surface area contributed by atoms with Crippen LogP contribution in [-0.2, 0) is 0 Å². The molecule has 1 aliphatic heterocycles. The molecular weight excluding hydrogens is 368 g/mol. The van der Waals surface area contributed by atoms with Crippen LogP contribution in [0.3, 0.4) is 0 Å². The van der Waals surface area contributed by atoms with Crippen molar-refractivity contribution in [2.75, 3.05) is 5.32 Å². The molecule has 3 rings (SSSR count). The lowest BCUT2D eigenvalue weighted by Crippen LogP contribution is -2.35. The standard InChI is InChI=1S/C14H11Cl2F3N4O/c15-7-3-1-6(2-4-7)8-5-9(14(17,18)19)23-13(21-8)10(16)11(22-23)12(20)24/h1-4,8-9,21H,5H2,(H2,20,24). The van der Waals surface area contributed by atoms with Gasteiger partial charge in [0.2, 0.25) is 0 Å². The zero-order valence-corrected chi connectivity index (χ0v) is 13.5. The van der Waals surface area contributed by atoms with Crippen LogP contribution in [0.5, 0.6) is 0 Å². The van der Waals surface area contributed by atoms with E-state index in [9.17, 15) is 18.0 Å². The second-order valence-corrected chi connectivity index (χ2v) is 6.18. The van der Waals surface area contributed by atoms with Gasteiger partial charge in [0.25, 0.3) is 5.91 Å². The quantitative estimate of drug-likeness (QED) is 0.830. The van der Waals surface area contributed by atoms with E-state index in [-0.39, 0.29) is 17.3 Å². The normalized spacial score (nSPS) is 20.4. The molecule has 0 bridgehead atoms. The average Bonchev–Trinajstić information content (AvgIpc) is 2.83. The third-order valence-electron chi connectivity index (χ3n) is 3.80. The lowest BCUT2D eigenvalue weighted by atomic mass is 9.97. The summed E-state index contributed by atoms with van der Waals surface area (Å²) in [6.45, 7) is 0. The molecule has 1 aromatic carbocycles. The summed E-state index contributed by atoms with van der Waals surface area (Å²) in [5.74, 6) is -1.08. The number of alkyl halides is 3. The number of nitrogens with zero attached hydrogens (tertiary/aromatic N) is 2.